The molecule has 2 aromatic rings. The number of carbonyl (C=O) groups is 1. The van der Waals surface area contributed by atoms with E-state index in [2.05, 4.69) is 28.3 Å². The first-order valence-electron chi connectivity index (χ1n) is 6.39. The number of aromatic nitrogens is 1. The minimum atomic E-state index is -0.418. The molecule has 5 heteroatoms. The smallest absolute Gasteiger partial charge is 0.331 e. The van der Waals surface area contributed by atoms with Crippen molar-refractivity contribution in [3.63, 3.8) is 0 Å². The largest absolute Gasteiger partial charge is 0.378 e. The second-order valence-electron chi connectivity index (χ2n) is 5.01. The molecule has 1 heterocycles. The lowest BCUT2D eigenvalue weighted by atomic mass is 10.1. The number of fused-ring (bicyclic) bond motifs is 1. The number of aryl methyl sites for hydroxylation is 1. The molecule has 0 atom stereocenters. The van der Waals surface area contributed by atoms with E-state index in [4.69, 9.17) is 4.84 Å². The van der Waals surface area contributed by atoms with Crippen LogP contribution < -0.4 is 4.90 Å². The molecule has 0 aliphatic carbocycles. The van der Waals surface area contributed by atoms with Crippen molar-refractivity contribution >= 4 is 28.3 Å². The van der Waals surface area contributed by atoms with Gasteiger partial charge in [-0.3, -0.25) is 0 Å². The summed E-state index contributed by atoms with van der Waals surface area (Å²) >= 11 is 0. The number of benzene rings is 1. The summed E-state index contributed by atoms with van der Waals surface area (Å²) in [6.45, 7) is 3.17. The first kappa shape index (κ1) is 14.1. The summed E-state index contributed by atoms with van der Waals surface area (Å²) in [5, 5.41) is 4.96. The third-order valence-corrected chi connectivity index (χ3v) is 3.19. The summed E-state index contributed by atoms with van der Waals surface area (Å²) in [6.07, 6.45) is 1.99. The Labute approximate surface area is 118 Å². The van der Waals surface area contributed by atoms with E-state index in [0.29, 0.717) is 5.71 Å². The molecule has 0 spiro atoms. The number of carbonyl (C=O) groups excluding carboxylic acids is 1. The van der Waals surface area contributed by atoms with Crippen molar-refractivity contribution < 1.29 is 9.63 Å². The average Bonchev–Trinajstić information content (AvgIpc) is 2.73. The van der Waals surface area contributed by atoms with Gasteiger partial charge in [-0.15, -0.1) is 0 Å². The summed E-state index contributed by atoms with van der Waals surface area (Å²) < 4.78 is 2.04. The Morgan fingerprint density at radius 2 is 2.00 bits per heavy atom. The zero-order valence-electron chi connectivity index (χ0n) is 12.5. The Balaban J connectivity index is 2.55. The van der Waals surface area contributed by atoms with Crippen LogP contribution in [0.15, 0.2) is 29.6 Å². The molecule has 0 radical (unpaired) electrons. The molecular formula is C15H19N3O2. The van der Waals surface area contributed by atoms with Crippen LogP contribution in [0.3, 0.4) is 0 Å². The maximum absolute atomic E-state index is 10.9. The van der Waals surface area contributed by atoms with Gasteiger partial charge in [-0.25, -0.2) is 4.79 Å². The lowest BCUT2D eigenvalue weighted by Gasteiger charge is -2.12. The third-order valence-electron chi connectivity index (χ3n) is 3.19. The Morgan fingerprint density at radius 3 is 2.60 bits per heavy atom. The second kappa shape index (κ2) is 5.36. The van der Waals surface area contributed by atoms with E-state index < -0.39 is 5.97 Å². The molecule has 1 aromatic heterocycles. The molecule has 0 aliphatic heterocycles. The van der Waals surface area contributed by atoms with Gasteiger partial charge in [0.2, 0.25) is 0 Å². The van der Waals surface area contributed by atoms with Crippen LogP contribution in [-0.4, -0.2) is 30.3 Å². The topological polar surface area (TPSA) is 46.8 Å². The number of nitrogens with zero attached hydrogens (tertiary/aromatic N) is 3. The minimum absolute atomic E-state index is 0.418. The first-order valence-corrected chi connectivity index (χ1v) is 6.39. The van der Waals surface area contributed by atoms with Gasteiger partial charge in [0.15, 0.2) is 0 Å². The molecule has 5 nitrogen and oxygen atoms in total. The zero-order valence-corrected chi connectivity index (χ0v) is 12.5. The van der Waals surface area contributed by atoms with Crippen LogP contribution >= 0.6 is 0 Å². The fourth-order valence-electron chi connectivity index (χ4n) is 2.13. The maximum atomic E-state index is 10.9. The Morgan fingerprint density at radius 1 is 1.30 bits per heavy atom. The highest BCUT2D eigenvalue weighted by atomic mass is 16.7. The van der Waals surface area contributed by atoms with Crippen molar-refractivity contribution in [2.75, 3.05) is 19.0 Å². The molecule has 20 heavy (non-hydrogen) atoms. The lowest BCUT2D eigenvalue weighted by molar-refractivity contribution is -0.140. The molecule has 0 fully saturated rings. The molecule has 0 N–H and O–H groups in total. The van der Waals surface area contributed by atoms with Crippen LogP contribution in [0.4, 0.5) is 5.69 Å². The Hall–Kier alpha value is -2.30. The third kappa shape index (κ3) is 2.66. The molecule has 0 saturated heterocycles. The fourth-order valence-corrected chi connectivity index (χ4v) is 2.13. The maximum Gasteiger partial charge on any atom is 0.331 e. The van der Waals surface area contributed by atoms with E-state index in [0.717, 1.165) is 22.2 Å². The van der Waals surface area contributed by atoms with E-state index in [1.807, 2.05) is 38.8 Å². The lowest BCUT2D eigenvalue weighted by Crippen LogP contribution is -2.08. The van der Waals surface area contributed by atoms with Crippen LogP contribution in [0.5, 0.6) is 0 Å². The highest BCUT2D eigenvalue weighted by Crippen LogP contribution is 2.26. The number of rotatable bonds is 3. The van der Waals surface area contributed by atoms with Crippen LogP contribution in [0.25, 0.3) is 10.9 Å². The summed E-state index contributed by atoms with van der Waals surface area (Å²) in [5.41, 5.74) is 3.88. The standard InChI is InChI=1S/C15H19N3O2/c1-10(16-20-11(2)19)14-9-18(5)15-7-6-12(17(3)4)8-13(14)15/h6-9H,1-5H3/b16-10+. The van der Waals surface area contributed by atoms with Crippen molar-refractivity contribution in [3.8, 4) is 0 Å². The van der Waals surface area contributed by atoms with Crippen molar-refractivity contribution in [1.82, 2.24) is 4.57 Å². The molecule has 0 aliphatic rings. The molecule has 0 unspecified atom stereocenters. The molecule has 0 amide bonds. The van der Waals surface area contributed by atoms with E-state index in [-0.39, 0.29) is 0 Å². The van der Waals surface area contributed by atoms with Crippen LogP contribution in [0.1, 0.15) is 19.4 Å². The highest BCUT2D eigenvalue weighted by molar-refractivity contribution is 6.10. The van der Waals surface area contributed by atoms with Crippen LogP contribution in [-0.2, 0) is 16.7 Å². The van der Waals surface area contributed by atoms with Crippen LogP contribution in [0.2, 0.25) is 0 Å². The van der Waals surface area contributed by atoms with Gasteiger partial charge in [0, 0.05) is 56.4 Å². The van der Waals surface area contributed by atoms with Gasteiger partial charge >= 0.3 is 5.97 Å². The Bertz CT molecular complexity index is 684. The summed E-state index contributed by atoms with van der Waals surface area (Å²) in [6, 6.07) is 6.26. The molecule has 0 bridgehead atoms. The fraction of sp³-hybridized carbons (Fsp3) is 0.333. The minimum Gasteiger partial charge on any atom is -0.378 e. The second-order valence-corrected chi connectivity index (χ2v) is 5.01. The predicted molar refractivity (Wildman–Crippen MR) is 81.2 cm³/mol. The predicted octanol–water partition coefficient (Wildman–Crippen LogP) is 2.53. The monoisotopic (exact) mass is 273 g/mol. The number of hydrogen-bond donors (Lipinski definition) is 0. The summed E-state index contributed by atoms with van der Waals surface area (Å²) in [5.74, 6) is -0.418. The van der Waals surface area contributed by atoms with Gasteiger partial charge in [0.25, 0.3) is 0 Å². The van der Waals surface area contributed by atoms with Crippen molar-refractivity contribution in [2.24, 2.45) is 12.2 Å². The first-order chi connectivity index (χ1) is 9.40. The Kier molecular flexibility index (Phi) is 3.79. The molecule has 106 valence electrons. The van der Waals surface area contributed by atoms with E-state index >= 15 is 0 Å². The highest BCUT2D eigenvalue weighted by Gasteiger charge is 2.11. The number of hydrogen-bond acceptors (Lipinski definition) is 4. The van der Waals surface area contributed by atoms with Gasteiger partial charge in [-0.2, -0.15) is 0 Å². The SMILES string of the molecule is CC(=O)O/N=C(\C)c1cn(C)c2ccc(N(C)C)cc12. The summed E-state index contributed by atoms with van der Waals surface area (Å²) in [7, 11) is 5.99. The van der Waals surface area contributed by atoms with E-state index in [1.165, 1.54) is 6.92 Å². The van der Waals surface area contributed by atoms with Crippen molar-refractivity contribution in [2.45, 2.75) is 13.8 Å². The van der Waals surface area contributed by atoms with Crippen molar-refractivity contribution in [3.05, 3.63) is 30.0 Å². The molecule has 2 rings (SSSR count). The summed E-state index contributed by atoms with van der Waals surface area (Å²) in [4.78, 5) is 17.6. The number of anilines is 1. The molecule has 1 aromatic carbocycles. The normalized spacial score (nSPS) is 11.8. The van der Waals surface area contributed by atoms with Crippen LogP contribution in [0, 0.1) is 0 Å². The zero-order chi connectivity index (χ0) is 14.9. The van der Waals surface area contributed by atoms with Crippen molar-refractivity contribution in [1.29, 1.82) is 0 Å². The average molecular weight is 273 g/mol. The van der Waals surface area contributed by atoms with E-state index in [9.17, 15) is 4.79 Å². The van der Waals surface area contributed by atoms with Gasteiger partial charge in [0.05, 0.1) is 5.71 Å². The van der Waals surface area contributed by atoms with Gasteiger partial charge < -0.3 is 14.3 Å². The van der Waals surface area contributed by atoms with Gasteiger partial charge in [-0.05, 0) is 25.1 Å². The molecular weight excluding hydrogens is 254 g/mol. The quantitative estimate of drug-likeness (QED) is 0.490. The number of oxime groups is 1. The van der Waals surface area contributed by atoms with E-state index in [1.54, 1.807) is 0 Å². The molecule has 0 saturated carbocycles. The van der Waals surface area contributed by atoms with Gasteiger partial charge in [-0.1, -0.05) is 5.16 Å². The van der Waals surface area contributed by atoms with Gasteiger partial charge in [0.1, 0.15) is 0 Å².